The second-order valence-electron chi connectivity index (χ2n) is 13.5. The van der Waals surface area contributed by atoms with Crippen LogP contribution in [0.5, 0.6) is 6.01 Å². The van der Waals surface area contributed by atoms with E-state index in [4.69, 9.17) is 19.4 Å². The Morgan fingerprint density at radius 3 is 2.56 bits per heavy atom. The van der Waals surface area contributed by atoms with Gasteiger partial charge in [-0.05, 0) is 38.6 Å². The zero-order valence-corrected chi connectivity index (χ0v) is 27.2. The quantitative estimate of drug-likeness (QED) is 0.370. The maximum atomic E-state index is 14.6. The van der Waals surface area contributed by atoms with Gasteiger partial charge in [-0.15, -0.1) is 0 Å². The maximum absolute atomic E-state index is 14.6. The molecule has 12 nitrogen and oxygen atoms in total. The predicted molar refractivity (Wildman–Crippen MR) is 173 cm³/mol. The normalized spacial score (nSPS) is 20.8. The smallest absolute Gasteiger partial charge is 0.410 e. The number of anilines is 2. The van der Waals surface area contributed by atoms with Gasteiger partial charge in [-0.2, -0.15) is 15.2 Å². The van der Waals surface area contributed by atoms with E-state index in [2.05, 4.69) is 35.2 Å². The van der Waals surface area contributed by atoms with E-state index in [1.807, 2.05) is 23.1 Å². The Morgan fingerprint density at radius 2 is 1.81 bits per heavy atom. The molecule has 4 heterocycles. The van der Waals surface area contributed by atoms with Crippen molar-refractivity contribution in [2.45, 2.75) is 70.2 Å². The molecule has 3 aliphatic rings. The van der Waals surface area contributed by atoms with Gasteiger partial charge in [-0.3, -0.25) is 4.90 Å². The van der Waals surface area contributed by atoms with Crippen molar-refractivity contribution in [2.75, 3.05) is 49.1 Å². The van der Waals surface area contributed by atoms with Gasteiger partial charge in [0.25, 0.3) is 5.92 Å². The van der Waals surface area contributed by atoms with E-state index in [1.165, 1.54) is 4.90 Å². The number of hydrogen-bond donors (Lipinski definition) is 1. The van der Waals surface area contributed by atoms with E-state index < -0.39 is 48.8 Å². The number of nitrogens with zero attached hydrogens (tertiary/aromatic N) is 7. The second kappa shape index (κ2) is 12.9. The van der Waals surface area contributed by atoms with Gasteiger partial charge < -0.3 is 29.3 Å². The summed E-state index contributed by atoms with van der Waals surface area (Å²) >= 11 is 0. The van der Waals surface area contributed by atoms with Gasteiger partial charge in [0, 0.05) is 49.2 Å². The van der Waals surface area contributed by atoms with Crippen molar-refractivity contribution in [3.05, 3.63) is 53.7 Å². The number of aromatic nitrogens is 2. The maximum Gasteiger partial charge on any atom is 0.410 e. The first kappa shape index (κ1) is 33.0. The lowest BCUT2D eigenvalue weighted by Gasteiger charge is -2.41. The van der Waals surface area contributed by atoms with Crippen LogP contribution in [0.1, 0.15) is 44.9 Å². The number of rotatable bonds is 6. The molecule has 2 fully saturated rings. The Morgan fingerprint density at radius 1 is 1.04 bits per heavy atom. The molecule has 0 bridgehead atoms. The molecule has 6 rings (SSSR count). The third-order valence-electron chi connectivity index (χ3n) is 8.89. The average Bonchev–Trinajstić information content (AvgIpc) is 3.36. The summed E-state index contributed by atoms with van der Waals surface area (Å²) in [6, 6.07) is 14.8. The molecule has 1 aromatic heterocycles. The third kappa shape index (κ3) is 7.00. The summed E-state index contributed by atoms with van der Waals surface area (Å²) in [7, 11) is 0. The van der Waals surface area contributed by atoms with Crippen molar-refractivity contribution in [3.63, 3.8) is 0 Å². The zero-order valence-electron chi connectivity index (χ0n) is 27.2. The van der Waals surface area contributed by atoms with Crippen LogP contribution in [0.25, 0.3) is 10.8 Å². The third-order valence-corrected chi connectivity index (χ3v) is 8.89. The number of likely N-dealkylation sites (tertiary alicyclic amines) is 1. The van der Waals surface area contributed by atoms with Crippen LogP contribution in [-0.4, -0.2) is 100.0 Å². The number of halogens is 2. The highest BCUT2D eigenvalue weighted by atomic mass is 19.3. The van der Waals surface area contributed by atoms with Crippen LogP contribution in [0, 0.1) is 11.3 Å². The van der Waals surface area contributed by atoms with Gasteiger partial charge >= 0.3 is 18.2 Å². The fraction of sp³-hybridized carbons (Fsp3) is 0.500. The minimum absolute atomic E-state index is 0.0185. The minimum atomic E-state index is -3.11. The highest BCUT2D eigenvalue weighted by molar-refractivity contribution is 5.94. The number of alkyl halides is 2. The molecule has 48 heavy (non-hydrogen) atoms. The number of fused-ring (bicyclic) bond motifs is 2. The number of benzene rings is 2. The molecule has 3 aliphatic heterocycles. The van der Waals surface area contributed by atoms with Gasteiger partial charge in [0.1, 0.15) is 18.0 Å². The summed E-state index contributed by atoms with van der Waals surface area (Å²) in [5, 5.41) is 21.4. The van der Waals surface area contributed by atoms with Crippen molar-refractivity contribution < 1.29 is 33.0 Å². The highest BCUT2D eigenvalue weighted by Gasteiger charge is 2.48. The number of carbonyl (C=O) groups excluding carboxylic acids is 1. The molecule has 2 atom stereocenters. The molecule has 2 aromatic carbocycles. The molecule has 14 heteroatoms. The molecule has 254 valence electrons. The van der Waals surface area contributed by atoms with E-state index in [9.17, 15) is 28.7 Å². The van der Waals surface area contributed by atoms with E-state index in [-0.39, 0.29) is 32.1 Å². The molecule has 2 amide bonds. The monoisotopic (exact) mass is 663 g/mol. The molecular formula is C34H39F2N7O5. The summed E-state index contributed by atoms with van der Waals surface area (Å²) in [5.74, 6) is -2.54. The van der Waals surface area contributed by atoms with Gasteiger partial charge in [0.15, 0.2) is 0 Å². The summed E-state index contributed by atoms with van der Waals surface area (Å²) < 4.78 is 40.6. The lowest BCUT2D eigenvalue weighted by atomic mass is 10.0. The van der Waals surface area contributed by atoms with Crippen molar-refractivity contribution in [2.24, 2.45) is 0 Å². The second-order valence-corrected chi connectivity index (χ2v) is 13.5. The predicted octanol–water partition coefficient (Wildman–Crippen LogP) is 5.30. The Balaban J connectivity index is 1.31. The van der Waals surface area contributed by atoms with Crippen molar-refractivity contribution in [1.29, 1.82) is 5.26 Å². The number of carboxylic acid groups (broad SMARTS) is 1. The van der Waals surface area contributed by atoms with Gasteiger partial charge in [0.2, 0.25) is 0 Å². The average molecular weight is 664 g/mol. The molecule has 0 spiro atoms. The zero-order chi connectivity index (χ0) is 34.2. The van der Waals surface area contributed by atoms with Crippen molar-refractivity contribution in [1.82, 2.24) is 19.8 Å². The number of amides is 2. The summed E-state index contributed by atoms with van der Waals surface area (Å²) in [6.07, 6.45) is -1.91. The SMILES string of the molecule is CC(C)(C)OC(=O)N1CC(F)(F)C[C@H]1COc1nc2c(c(N3CCN(C(=O)O)[C@@H](CC#N)C3)n1)CCN(c1cccc3ccccc13)C2. The number of ether oxygens (including phenoxy) is 2. The fourth-order valence-electron chi connectivity index (χ4n) is 6.74. The molecule has 1 N–H and O–H groups in total. The molecule has 0 radical (unpaired) electrons. The van der Waals surface area contributed by atoms with Crippen LogP contribution in [-0.2, 0) is 17.7 Å². The van der Waals surface area contributed by atoms with E-state index >= 15 is 0 Å². The van der Waals surface area contributed by atoms with Crippen LogP contribution in [0.2, 0.25) is 0 Å². The first-order valence-electron chi connectivity index (χ1n) is 16.1. The number of piperazine rings is 1. The van der Waals surface area contributed by atoms with Crippen molar-refractivity contribution in [3.8, 4) is 12.1 Å². The summed E-state index contributed by atoms with van der Waals surface area (Å²) in [4.78, 5) is 40.7. The van der Waals surface area contributed by atoms with Crippen LogP contribution in [0.4, 0.5) is 29.9 Å². The van der Waals surface area contributed by atoms with Crippen LogP contribution < -0.4 is 14.5 Å². The Hall–Kier alpha value is -4.93. The van der Waals surface area contributed by atoms with E-state index in [0.717, 1.165) is 26.9 Å². The Bertz CT molecular complexity index is 1740. The minimum Gasteiger partial charge on any atom is -0.465 e. The standard InChI is InChI=1S/C34H39F2N7O5/c1-33(2,3)48-32(46)43-21-34(35,36)17-24(43)20-47-30-38-27-19-40(28-10-6-8-22-7-4-5-9-25(22)28)14-12-26(27)29(39-30)41-15-16-42(31(44)45)23(18-41)11-13-37/h4-10,23-24H,11-12,14-21H2,1-3H3,(H,44,45)/t23-,24-/m0/s1. The first-order valence-corrected chi connectivity index (χ1v) is 16.1. The lowest BCUT2D eigenvalue weighted by molar-refractivity contribution is -0.00277. The molecule has 0 aliphatic carbocycles. The first-order chi connectivity index (χ1) is 22.8. The molecular weight excluding hydrogens is 624 g/mol. The number of nitriles is 1. The number of hydrogen-bond acceptors (Lipinski definition) is 9. The molecule has 2 saturated heterocycles. The van der Waals surface area contributed by atoms with E-state index in [0.29, 0.717) is 37.6 Å². The van der Waals surface area contributed by atoms with Crippen LogP contribution in [0.15, 0.2) is 42.5 Å². The molecule has 0 unspecified atom stereocenters. The van der Waals surface area contributed by atoms with Crippen LogP contribution in [0.3, 0.4) is 0 Å². The van der Waals surface area contributed by atoms with E-state index in [1.54, 1.807) is 20.8 Å². The van der Waals surface area contributed by atoms with Gasteiger partial charge in [-0.1, -0.05) is 36.4 Å². The lowest BCUT2D eigenvalue weighted by Crippen LogP contribution is -2.55. The summed E-state index contributed by atoms with van der Waals surface area (Å²) in [6.45, 7) is 5.84. The topological polar surface area (TPSA) is 135 Å². The van der Waals surface area contributed by atoms with Crippen LogP contribution >= 0.6 is 0 Å². The molecule has 0 saturated carbocycles. The largest absolute Gasteiger partial charge is 0.465 e. The van der Waals surface area contributed by atoms with Gasteiger partial charge in [-0.25, -0.2) is 18.4 Å². The Kier molecular flexibility index (Phi) is 8.89. The van der Waals surface area contributed by atoms with Crippen molar-refractivity contribution >= 4 is 34.5 Å². The Labute approximate surface area is 277 Å². The highest BCUT2D eigenvalue weighted by Crippen LogP contribution is 2.36. The molecule has 3 aromatic rings. The summed E-state index contributed by atoms with van der Waals surface area (Å²) in [5.41, 5.74) is 1.78. The fourth-order valence-corrected chi connectivity index (χ4v) is 6.74. The number of carbonyl (C=O) groups is 2. The van der Waals surface area contributed by atoms with Gasteiger partial charge in [0.05, 0.1) is 43.4 Å².